The number of carbonyl (C=O) groups excluding carboxylic acids is 2. The van der Waals surface area contributed by atoms with Gasteiger partial charge in [-0.15, -0.1) is 0 Å². The largest absolute Gasteiger partial charge is 0.361 e. The molecule has 0 saturated heterocycles. The second-order valence-corrected chi connectivity index (χ2v) is 6.60. The van der Waals surface area contributed by atoms with Gasteiger partial charge in [0, 0.05) is 12.6 Å². The van der Waals surface area contributed by atoms with Crippen LogP contribution in [0.5, 0.6) is 0 Å². The van der Waals surface area contributed by atoms with Gasteiger partial charge in [-0.3, -0.25) is 9.59 Å². The second-order valence-electron chi connectivity index (χ2n) is 6.60. The van der Waals surface area contributed by atoms with Crippen molar-refractivity contribution in [1.82, 2.24) is 15.8 Å². The molecular formula is C16H23N3O3. The SMILES string of the molecule is Cc1cc(CC(=O)NC2(C(=O)NCC3CC3)CCCC2)no1. The Morgan fingerprint density at radius 3 is 2.68 bits per heavy atom. The molecule has 1 aromatic heterocycles. The number of aromatic nitrogens is 1. The van der Waals surface area contributed by atoms with Crippen molar-refractivity contribution in [2.45, 2.75) is 57.4 Å². The van der Waals surface area contributed by atoms with Crippen molar-refractivity contribution in [2.75, 3.05) is 6.54 Å². The molecule has 2 saturated carbocycles. The Morgan fingerprint density at radius 2 is 2.09 bits per heavy atom. The van der Waals surface area contributed by atoms with Crippen LogP contribution in [-0.4, -0.2) is 29.1 Å². The first kappa shape index (κ1) is 15.1. The van der Waals surface area contributed by atoms with Crippen molar-refractivity contribution < 1.29 is 14.1 Å². The van der Waals surface area contributed by atoms with Crippen LogP contribution in [0.4, 0.5) is 0 Å². The van der Waals surface area contributed by atoms with E-state index in [1.165, 1.54) is 12.8 Å². The van der Waals surface area contributed by atoms with Gasteiger partial charge in [0.25, 0.3) is 0 Å². The maximum atomic E-state index is 12.5. The molecule has 2 aliphatic rings. The summed E-state index contributed by atoms with van der Waals surface area (Å²) < 4.78 is 4.97. The Bertz CT molecular complexity index is 557. The highest BCUT2D eigenvalue weighted by Crippen LogP contribution is 2.31. The molecule has 2 fully saturated rings. The molecule has 0 radical (unpaired) electrons. The van der Waals surface area contributed by atoms with E-state index < -0.39 is 5.54 Å². The van der Waals surface area contributed by atoms with Gasteiger partial charge in [-0.25, -0.2) is 0 Å². The Labute approximate surface area is 130 Å². The fourth-order valence-electron chi connectivity index (χ4n) is 3.09. The van der Waals surface area contributed by atoms with Crippen LogP contribution < -0.4 is 10.6 Å². The van der Waals surface area contributed by atoms with Crippen LogP contribution in [0.25, 0.3) is 0 Å². The lowest BCUT2D eigenvalue weighted by molar-refractivity contribution is -0.133. The van der Waals surface area contributed by atoms with Crippen LogP contribution in [0, 0.1) is 12.8 Å². The van der Waals surface area contributed by atoms with Gasteiger partial charge < -0.3 is 15.2 Å². The molecular weight excluding hydrogens is 282 g/mol. The van der Waals surface area contributed by atoms with Crippen LogP contribution in [0.3, 0.4) is 0 Å². The van der Waals surface area contributed by atoms with Crippen LogP contribution in [-0.2, 0) is 16.0 Å². The summed E-state index contributed by atoms with van der Waals surface area (Å²) >= 11 is 0. The summed E-state index contributed by atoms with van der Waals surface area (Å²) in [5.74, 6) is 1.12. The van der Waals surface area contributed by atoms with Crippen LogP contribution in [0.2, 0.25) is 0 Å². The van der Waals surface area contributed by atoms with Crippen LogP contribution in [0.15, 0.2) is 10.6 Å². The number of hydrogen-bond acceptors (Lipinski definition) is 4. The summed E-state index contributed by atoms with van der Waals surface area (Å²) in [5.41, 5.74) is -0.133. The fraction of sp³-hybridized carbons (Fsp3) is 0.688. The second kappa shape index (κ2) is 6.10. The van der Waals surface area contributed by atoms with Crippen molar-refractivity contribution >= 4 is 11.8 Å². The molecule has 0 atom stereocenters. The molecule has 1 heterocycles. The summed E-state index contributed by atoms with van der Waals surface area (Å²) in [6, 6.07) is 1.74. The van der Waals surface area contributed by atoms with E-state index in [1.807, 2.05) is 0 Å². The third-order valence-corrected chi connectivity index (χ3v) is 4.54. The van der Waals surface area contributed by atoms with Crippen molar-refractivity contribution in [3.63, 3.8) is 0 Å². The average molecular weight is 305 g/mol. The normalized spacial score (nSPS) is 19.9. The van der Waals surface area contributed by atoms with Gasteiger partial charge in [-0.1, -0.05) is 18.0 Å². The summed E-state index contributed by atoms with van der Waals surface area (Å²) in [6.07, 6.45) is 5.92. The summed E-state index contributed by atoms with van der Waals surface area (Å²) in [4.78, 5) is 24.8. The zero-order valence-electron chi connectivity index (χ0n) is 13.0. The molecule has 0 spiro atoms. The highest BCUT2D eigenvalue weighted by Gasteiger charge is 2.42. The molecule has 22 heavy (non-hydrogen) atoms. The number of rotatable bonds is 6. The molecule has 0 bridgehead atoms. The van der Waals surface area contributed by atoms with E-state index in [-0.39, 0.29) is 18.2 Å². The monoisotopic (exact) mass is 305 g/mol. The molecule has 6 heteroatoms. The van der Waals surface area contributed by atoms with Gasteiger partial charge in [-0.2, -0.15) is 0 Å². The topological polar surface area (TPSA) is 84.2 Å². The minimum Gasteiger partial charge on any atom is -0.361 e. The van der Waals surface area contributed by atoms with Crippen molar-refractivity contribution in [3.8, 4) is 0 Å². The molecule has 0 aliphatic heterocycles. The van der Waals surface area contributed by atoms with Crippen molar-refractivity contribution in [3.05, 3.63) is 17.5 Å². The lowest BCUT2D eigenvalue weighted by Crippen LogP contribution is -2.57. The minimum atomic E-state index is -0.731. The summed E-state index contributed by atoms with van der Waals surface area (Å²) in [5, 5.41) is 9.80. The predicted molar refractivity (Wildman–Crippen MR) is 80.0 cm³/mol. The summed E-state index contributed by atoms with van der Waals surface area (Å²) in [6.45, 7) is 2.52. The number of nitrogens with zero attached hydrogens (tertiary/aromatic N) is 1. The predicted octanol–water partition coefficient (Wildman–Crippen LogP) is 1.48. The third kappa shape index (κ3) is 3.48. The van der Waals surface area contributed by atoms with Gasteiger partial charge in [0.05, 0.1) is 12.1 Å². The van der Waals surface area contributed by atoms with E-state index in [4.69, 9.17) is 4.52 Å². The average Bonchev–Trinajstić information content (AvgIpc) is 3.05. The first-order chi connectivity index (χ1) is 10.6. The number of aryl methyl sites for hydroxylation is 1. The quantitative estimate of drug-likeness (QED) is 0.834. The molecule has 0 unspecified atom stereocenters. The number of hydrogen-bond donors (Lipinski definition) is 2. The van der Waals surface area contributed by atoms with E-state index in [1.54, 1.807) is 13.0 Å². The first-order valence-corrected chi connectivity index (χ1v) is 8.09. The standard InChI is InChI=1S/C16H23N3O3/c1-11-8-13(19-22-11)9-14(20)18-16(6-2-3-7-16)15(21)17-10-12-4-5-12/h8,12H,2-7,9-10H2,1H3,(H,17,21)(H,18,20). The van der Waals surface area contributed by atoms with Crippen LogP contribution in [0.1, 0.15) is 50.0 Å². The molecule has 2 amide bonds. The van der Waals surface area contributed by atoms with Crippen molar-refractivity contribution in [2.24, 2.45) is 5.92 Å². The van der Waals surface area contributed by atoms with Gasteiger partial charge >= 0.3 is 0 Å². The molecule has 2 aliphatic carbocycles. The van der Waals surface area contributed by atoms with E-state index in [9.17, 15) is 9.59 Å². The maximum Gasteiger partial charge on any atom is 0.245 e. The third-order valence-electron chi connectivity index (χ3n) is 4.54. The highest BCUT2D eigenvalue weighted by atomic mass is 16.5. The molecule has 0 aromatic carbocycles. The minimum absolute atomic E-state index is 0.0263. The summed E-state index contributed by atoms with van der Waals surface area (Å²) in [7, 11) is 0. The van der Waals surface area contributed by atoms with Gasteiger partial charge in [0.1, 0.15) is 11.3 Å². The van der Waals surface area contributed by atoms with E-state index >= 15 is 0 Å². The van der Waals surface area contributed by atoms with Gasteiger partial charge in [-0.05, 0) is 38.5 Å². The Hall–Kier alpha value is -1.85. The fourth-order valence-corrected chi connectivity index (χ4v) is 3.09. The Balaban J connectivity index is 1.59. The van der Waals surface area contributed by atoms with Crippen molar-refractivity contribution in [1.29, 1.82) is 0 Å². The molecule has 1 aromatic rings. The molecule has 2 N–H and O–H groups in total. The number of amides is 2. The molecule has 3 rings (SSSR count). The molecule has 120 valence electrons. The zero-order chi connectivity index (χ0) is 15.6. The first-order valence-electron chi connectivity index (χ1n) is 8.09. The Kier molecular flexibility index (Phi) is 4.18. The lowest BCUT2D eigenvalue weighted by atomic mass is 9.95. The highest BCUT2D eigenvalue weighted by molar-refractivity contribution is 5.92. The van der Waals surface area contributed by atoms with E-state index in [2.05, 4.69) is 15.8 Å². The van der Waals surface area contributed by atoms with E-state index in [0.717, 1.165) is 19.4 Å². The van der Waals surface area contributed by atoms with Gasteiger partial charge in [0.15, 0.2) is 0 Å². The zero-order valence-corrected chi connectivity index (χ0v) is 13.0. The maximum absolute atomic E-state index is 12.5. The smallest absolute Gasteiger partial charge is 0.245 e. The number of nitrogens with one attached hydrogen (secondary N) is 2. The lowest BCUT2D eigenvalue weighted by Gasteiger charge is -2.29. The molecule has 6 nitrogen and oxygen atoms in total. The van der Waals surface area contributed by atoms with Gasteiger partial charge in [0.2, 0.25) is 11.8 Å². The van der Waals surface area contributed by atoms with Crippen LogP contribution >= 0.6 is 0 Å². The Morgan fingerprint density at radius 1 is 1.36 bits per heavy atom. The number of carbonyl (C=O) groups is 2. The van der Waals surface area contributed by atoms with E-state index in [0.29, 0.717) is 30.2 Å².